The van der Waals surface area contributed by atoms with E-state index in [4.69, 9.17) is 0 Å². The highest BCUT2D eigenvalue weighted by Crippen LogP contribution is 2.48. The van der Waals surface area contributed by atoms with E-state index in [1.54, 1.807) is 19.9 Å². The summed E-state index contributed by atoms with van der Waals surface area (Å²) < 4.78 is -0.825. The molecule has 53 heavy (non-hydrogen) atoms. The number of carbonyl (C=O) groups excluding carboxylic acids is 5. The predicted molar refractivity (Wildman–Crippen MR) is 211 cm³/mol. The van der Waals surface area contributed by atoms with Crippen LogP contribution in [0, 0.1) is 5.92 Å². The second-order valence-corrected chi connectivity index (χ2v) is 15.2. The molecule has 10 nitrogen and oxygen atoms in total. The number of Topliss-reactive ketones (excluding diaryl/α,β-unsaturated/α-hetero) is 1. The van der Waals surface area contributed by atoms with Crippen molar-refractivity contribution in [2.24, 2.45) is 5.92 Å². The summed E-state index contributed by atoms with van der Waals surface area (Å²) in [5, 5.41) is 21.3. The highest BCUT2D eigenvalue weighted by atomic mass is 32.2. The smallest absolute Gasteiger partial charge is 0.245 e. The average molecular weight is 743 g/mol. The fraction of sp³-hybridized carbons (Fsp3) is 0.405. The Morgan fingerprint density at radius 1 is 0.792 bits per heavy atom. The van der Waals surface area contributed by atoms with Crippen LogP contribution in [-0.2, 0) is 28.7 Å². The van der Waals surface area contributed by atoms with Crippen LogP contribution in [0.25, 0.3) is 0 Å². The minimum absolute atomic E-state index is 0.0566. The molecule has 4 amide bonds. The number of nitrogens with one attached hydrogen (secondary N) is 4. The molecule has 0 aliphatic rings. The molecule has 3 rings (SSSR count). The molecular formula is C42H54N4O6S. The number of carbonyl (C=O) groups is 5. The number of ketones is 1. The summed E-state index contributed by atoms with van der Waals surface area (Å²) in [4.78, 5) is 65.9. The number of thioether (sulfide) groups is 1. The van der Waals surface area contributed by atoms with Gasteiger partial charge < -0.3 is 26.4 Å². The topological polar surface area (TPSA) is 154 Å². The van der Waals surface area contributed by atoms with Gasteiger partial charge in [-0.3, -0.25) is 24.0 Å². The first-order valence-electron chi connectivity index (χ1n) is 18.1. The predicted octanol–water partition coefficient (Wildman–Crippen LogP) is 5.04. The largest absolute Gasteiger partial charge is 0.389 e. The van der Waals surface area contributed by atoms with Crippen LogP contribution < -0.4 is 21.3 Å². The summed E-state index contributed by atoms with van der Waals surface area (Å²) in [6, 6.07) is 27.5. The first-order valence-corrected chi connectivity index (χ1v) is 19.0. The quantitative estimate of drug-likeness (QED) is 0.0803. The van der Waals surface area contributed by atoms with E-state index in [-0.39, 0.29) is 30.4 Å². The van der Waals surface area contributed by atoms with Crippen molar-refractivity contribution < 1.29 is 29.1 Å². The molecule has 5 N–H and O–H groups in total. The van der Waals surface area contributed by atoms with Gasteiger partial charge in [0, 0.05) is 5.75 Å². The lowest BCUT2D eigenvalue weighted by Crippen LogP contribution is -2.61. The summed E-state index contributed by atoms with van der Waals surface area (Å²) in [5.41, 5.74) is 1.39. The van der Waals surface area contributed by atoms with E-state index < -0.39 is 52.1 Å². The molecule has 0 heterocycles. The summed E-state index contributed by atoms with van der Waals surface area (Å²) >= 11 is 1.46. The van der Waals surface area contributed by atoms with Gasteiger partial charge in [0.25, 0.3) is 0 Å². The van der Waals surface area contributed by atoms with Crippen LogP contribution in [0.15, 0.2) is 103 Å². The van der Waals surface area contributed by atoms with Crippen LogP contribution in [0.2, 0.25) is 0 Å². The molecule has 0 radical (unpaired) electrons. The first kappa shape index (κ1) is 42.7. The lowest BCUT2D eigenvalue weighted by atomic mass is 9.84. The third-order valence-corrected chi connectivity index (χ3v) is 10.3. The van der Waals surface area contributed by atoms with Crippen LogP contribution in [0.1, 0.15) is 77.5 Å². The maximum atomic E-state index is 14.3. The Kier molecular flexibility index (Phi) is 16.5. The van der Waals surface area contributed by atoms with Gasteiger partial charge in [-0.25, -0.2) is 0 Å². The molecule has 0 aliphatic carbocycles. The normalized spacial score (nSPS) is 13.5. The molecule has 0 bridgehead atoms. The maximum Gasteiger partial charge on any atom is 0.245 e. The van der Waals surface area contributed by atoms with E-state index in [1.807, 2.05) is 104 Å². The van der Waals surface area contributed by atoms with E-state index in [0.717, 1.165) is 29.5 Å². The van der Waals surface area contributed by atoms with Crippen LogP contribution >= 0.6 is 11.8 Å². The number of unbranched alkanes of at least 4 members (excludes halogenated alkanes) is 1. The van der Waals surface area contributed by atoms with E-state index >= 15 is 0 Å². The number of allylic oxidation sites excluding steroid dienone is 1. The van der Waals surface area contributed by atoms with Gasteiger partial charge in [-0.15, -0.1) is 11.8 Å². The zero-order valence-electron chi connectivity index (χ0n) is 31.6. The van der Waals surface area contributed by atoms with Crippen molar-refractivity contribution in [3.63, 3.8) is 0 Å². The Labute approximate surface area is 318 Å². The zero-order valence-corrected chi connectivity index (χ0v) is 32.4. The monoisotopic (exact) mass is 742 g/mol. The highest BCUT2D eigenvalue weighted by molar-refractivity contribution is 8.00. The third-order valence-electron chi connectivity index (χ3n) is 8.62. The molecule has 0 spiro atoms. The van der Waals surface area contributed by atoms with Crippen LogP contribution in [-0.4, -0.2) is 70.5 Å². The number of hydrogen-bond acceptors (Lipinski definition) is 7. The zero-order chi connectivity index (χ0) is 39.0. The molecule has 284 valence electrons. The fourth-order valence-corrected chi connectivity index (χ4v) is 7.30. The Hall–Kier alpha value is -4.74. The average Bonchev–Trinajstić information content (AvgIpc) is 3.13. The van der Waals surface area contributed by atoms with Gasteiger partial charge in [0.15, 0.2) is 0 Å². The Morgan fingerprint density at radius 3 is 1.75 bits per heavy atom. The molecule has 11 heteroatoms. The number of benzene rings is 3. The molecule has 3 aromatic carbocycles. The molecule has 0 saturated heterocycles. The number of rotatable bonds is 20. The number of aliphatic hydroxyl groups is 1. The van der Waals surface area contributed by atoms with E-state index in [1.165, 1.54) is 32.5 Å². The molecule has 0 aliphatic heterocycles. The van der Waals surface area contributed by atoms with Gasteiger partial charge in [-0.05, 0) is 49.8 Å². The summed E-state index contributed by atoms with van der Waals surface area (Å²) in [5.74, 6) is -2.82. The summed E-state index contributed by atoms with van der Waals surface area (Å²) in [6.45, 7) is 9.78. The van der Waals surface area contributed by atoms with Crippen molar-refractivity contribution in [1.29, 1.82) is 0 Å². The Balaban J connectivity index is 2.02. The van der Waals surface area contributed by atoms with Crippen molar-refractivity contribution in [2.75, 3.05) is 12.3 Å². The molecule has 3 aromatic rings. The molecule has 0 saturated carbocycles. The van der Waals surface area contributed by atoms with Crippen molar-refractivity contribution in [2.45, 2.75) is 89.3 Å². The van der Waals surface area contributed by atoms with Gasteiger partial charge in [0.2, 0.25) is 23.6 Å². The fourth-order valence-electron chi connectivity index (χ4n) is 5.74. The summed E-state index contributed by atoms with van der Waals surface area (Å²) in [7, 11) is 0. The second-order valence-electron chi connectivity index (χ2n) is 13.9. The van der Waals surface area contributed by atoms with Crippen molar-refractivity contribution in [3.8, 4) is 0 Å². The highest BCUT2D eigenvalue weighted by Gasteiger charge is 2.40. The standard InChI is InChI=1S/C42H54N4O6S/c1-7-8-12-25-34(48)26-36(49)46-41(5,6)40(52)44-35(38(50)45-37(29(2)3)39(51)43-27-30(4)47)28-53-42(31-19-13-9-14-20-31,32-21-15-10-16-22-32)33-23-17-11-18-24-33/h9-25,29,34-35,37,48H,7-8,26-28H2,1-6H3,(H,43,51)(H,44,52)(H,45,50)(H,46,49)/b25-12+/t34-,35+,37+/m0/s1. The van der Waals surface area contributed by atoms with Crippen molar-refractivity contribution in [1.82, 2.24) is 21.3 Å². The molecular weight excluding hydrogens is 689 g/mol. The third kappa shape index (κ3) is 12.4. The van der Waals surface area contributed by atoms with Gasteiger partial charge in [-0.2, -0.15) is 0 Å². The lowest BCUT2D eigenvalue weighted by molar-refractivity contribution is -0.136. The second kappa shape index (κ2) is 20.5. The van der Waals surface area contributed by atoms with Gasteiger partial charge in [0.05, 0.1) is 23.8 Å². The minimum atomic E-state index is -1.47. The molecule has 3 atom stereocenters. The Bertz CT molecular complexity index is 1580. The summed E-state index contributed by atoms with van der Waals surface area (Å²) in [6.07, 6.45) is 3.78. The number of amides is 4. The minimum Gasteiger partial charge on any atom is -0.389 e. The maximum absolute atomic E-state index is 14.3. The Morgan fingerprint density at radius 2 is 1.30 bits per heavy atom. The SMILES string of the molecule is CCC/C=C/[C@H](O)CC(=O)NC(C)(C)C(=O)N[C@H](CSC(c1ccccc1)(c1ccccc1)c1ccccc1)C(=O)N[C@@H](C(=O)NCC(C)=O)C(C)C. The van der Waals surface area contributed by atoms with Gasteiger partial charge >= 0.3 is 0 Å². The van der Waals surface area contributed by atoms with Crippen LogP contribution in [0.4, 0.5) is 0 Å². The van der Waals surface area contributed by atoms with Crippen molar-refractivity contribution in [3.05, 3.63) is 120 Å². The van der Waals surface area contributed by atoms with Crippen LogP contribution in [0.3, 0.4) is 0 Å². The van der Waals surface area contributed by atoms with E-state index in [0.29, 0.717) is 0 Å². The van der Waals surface area contributed by atoms with Gasteiger partial charge in [-0.1, -0.05) is 130 Å². The van der Waals surface area contributed by atoms with E-state index in [2.05, 4.69) is 21.3 Å². The number of aliphatic hydroxyl groups excluding tert-OH is 1. The molecule has 0 fully saturated rings. The van der Waals surface area contributed by atoms with Crippen LogP contribution in [0.5, 0.6) is 0 Å². The lowest BCUT2D eigenvalue weighted by Gasteiger charge is -2.37. The number of hydrogen-bond donors (Lipinski definition) is 5. The molecule has 0 aromatic heterocycles. The molecule has 0 unspecified atom stereocenters. The van der Waals surface area contributed by atoms with Gasteiger partial charge in [0.1, 0.15) is 23.4 Å². The van der Waals surface area contributed by atoms with E-state index in [9.17, 15) is 29.1 Å². The first-order chi connectivity index (χ1) is 25.2. The van der Waals surface area contributed by atoms with Crippen molar-refractivity contribution >= 4 is 41.2 Å².